The van der Waals surface area contributed by atoms with Crippen molar-refractivity contribution in [1.29, 1.82) is 0 Å². The average Bonchev–Trinajstić information content (AvgIpc) is 2.52. The summed E-state index contributed by atoms with van der Waals surface area (Å²) >= 11 is 0. The molecule has 0 saturated carbocycles. The van der Waals surface area contributed by atoms with E-state index in [1.165, 1.54) is 0 Å². The number of esters is 1. The molecule has 2 amide bonds. The predicted octanol–water partition coefficient (Wildman–Crippen LogP) is 1.05. The summed E-state index contributed by atoms with van der Waals surface area (Å²) in [5, 5.41) is 5.05. The second-order valence-corrected chi connectivity index (χ2v) is 4.81. The van der Waals surface area contributed by atoms with Gasteiger partial charge in [-0.3, -0.25) is 9.59 Å². The first kappa shape index (κ1) is 17.7. The van der Waals surface area contributed by atoms with Crippen molar-refractivity contribution < 1.29 is 19.1 Å². The van der Waals surface area contributed by atoms with Gasteiger partial charge in [0.15, 0.2) is 6.61 Å². The monoisotopic (exact) mass is 306 g/mol. The third-order valence-corrected chi connectivity index (χ3v) is 3.05. The maximum atomic E-state index is 11.8. The van der Waals surface area contributed by atoms with Gasteiger partial charge >= 0.3 is 5.97 Å². The SMILES string of the molecule is CCNC(=O)[C@H](C)NC(=O)COC(=O)c1ccc(CC)cc1. The number of hydrogen-bond acceptors (Lipinski definition) is 4. The minimum atomic E-state index is -0.671. The van der Waals surface area contributed by atoms with E-state index >= 15 is 0 Å². The van der Waals surface area contributed by atoms with Crippen molar-refractivity contribution in [2.24, 2.45) is 0 Å². The number of rotatable bonds is 7. The Balaban J connectivity index is 2.42. The molecule has 0 heterocycles. The summed E-state index contributed by atoms with van der Waals surface area (Å²) in [6.45, 7) is 5.44. The van der Waals surface area contributed by atoms with Crippen molar-refractivity contribution in [3.63, 3.8) is 0 Å². The number of ether oxygens (including phenoxy) is 1. The summed E-state index contributed by atoms with van der Waals surface area (Å²) in [5.41, 5.74) is 1.51. The van der Waals surface area contributed by atoms with Crippen LogP contribution in [0.2, 0.25) is 0 Å². The van der Waals surface area contributed by atoms with E-state index in [1.807, 2.05) is 19.1 Å². The highest BCUT2D eigenvalue weighted by Crippen LogP contribution is 2.06. The fourth-order valence-corrected chi connectivity index (χ4v) is 1.77. The van der Waals surface area contributed by atoms with Crippen molar-refractivity contribution in [2.75, 3.05) is 13.2 Å². The van der Waals surface area contributed by atoms with Crippen LogP contribution in [0.4, 0.5) is 0 Å². The maximum Gasteiger partial charge on any atom is 0.338 e. The molecule has 0 aliphatic rings. The molecular weight excluding hydrogens is 284 g/mol. The molecule has 1 atom stereocenters. The minimum Gasteiger partial charge on any atom is -0.452 e. The highest BCUT2D eigenvalue weighted by Gasteiger charge is 2.16. The molecule has 120 valence electrons. The topological polar surface area (TPSA) is 84.5 Å². The molecule has 0 spiro atoms. The summed E-state index contributed by atoms with van der Waals surface area (Å²) in [5.74, 6) is -1.36. The molecule has 1 rings (SSSR count). The van der Waals surface area contributed by atoms with Crippen molar-refractivity contribution in [3.8, 4) is 0 Å². The lowest BCUT2D eigenvalue weighted by Crippen LogP contribution is -2.46. The number of carbonyl (C=O) groups is 3. The van der Waals surface area contributed by atoms with Gasteiger partial charge in [-0.25, -0.2) is 4.79 Å². The number of nitrogens with one attached hydrogen (secondary N) is 2. The van der Waals surface area contributed by atoms with E-state index in [0.717, 1.165) is 12.0 Å². The van der Waals surface area contributed by atoms with E-state index in [1.54, 1.807) is 26.0 Å². The van der Waals surface area contributed by atoms with Crippen molar-refractivity contribution >= 4 is 17.8 Å². The van der Waals surface area contributed by atoms with Crippen LogP contribution in [0.5, 0.6) is 0 Å². The Labute approximate surface area is 130 Å². The lowest BCUT2D eigenvalue weighted by atomic mass is 10.1. The van der Waals surface area contributed by atoms with Crippen LogP contribution in [-0.2, 0) is 20.7 Å². The molecule has 6 nitrogen and oxygen atoms in total. The van der Waals surface area contributed by atoms with E-state index in [0.29, 0.717) is 12.1 Å². The molecule has 1 aromatic rings. The molecule has 0 saturated heterocycles. The van der Waals surface area contributed by atoms with Gasteiger partial charge in [-0.2, -0.15) is 0 Å². The zero-order chi connectivity index (χ0) is 16.5. The quantitative estimate of drug-likeness (QED) is 0.737. The predicted molar refractivity (Wildman–Crippen MR) is 82.4 cm³/mol. The summed E-state index contributed by atoms with van der Waals surface area (Å²) < 4.78 is 4.92. The number of hydrogen-bond donors (Lipinski definition) is 2. The van der Waals surface area contributed by atoms with Crippen molar-refractivity contribution in [2.45, 2.75) is 33.2 Å². The fraction of sp³-hybridized carbons (Fsp3) is 0.438. The molecule has 0 fully saturated rings. The molecule has 0 aliphatic heterocycles. The summed E-state index contributed by atoms with van der Waals surface area (Å²) in [6, 6.07) is 6.34. The van der Waals surface area contributed by atoms with E-state index < -0.39 is 24.5 Å². The first-order valence-corrected chi connectivity index (χ1v) is 7.31. The highest BCUT2D eigenvalue weighted by molar-refractivity contribution is 5.92. The zero-order valence-corrected chi connectivity index (χ0v) is 13.1. The number of carbonyl (C=O) groups excluding carboxylic acids is 3. The summed E-state index contributed by atoms with van der Waals surface area (Å²) in [6.07, 6.45) is 0.884. The smallest absolute Gasteiger partial charge is 0.338 e. The zero-order valence-electron chi connectivity index (χ0n) is 13.1. The lowest BCUT2D eigenvalue weighted by Gasteiger charge is -2.13. The Hall–Kier alpha value is -2.37. The number of amides is 2. The first-order chi connectivity index (χ1) is 10.5. The summed E-state index contributed by atoms with van der Waals surface area (Å²) in [7, 11) is 0. The Morgan fingerprint density at radius 2 is 1.77 bits per heavy atom. The van der Waals surface area contributed by atoms with Gasteiger partial charge in [0.05, 0.1) is 5.56 Å². The lowest BCUT2D eigenvalue weighted by molar-refractivity contribution is -0.130. The molecule has 2 N–H and O–H groups in total. The fourth-order valence-electron chi connectivity index (χ4n) is 1.77. The normalized spacial score (nSPS) is 11.4. The Bertz CT molecular complexity index is 525. The molecular formula is C16H22N2O4. The van der Waals surface area contributed by atoms with Gasteiger partial charge in [0.25, 0.3) is 5.91 Å². The standard InChI is InChI=1S/C16H22N2O4/c1-4-12-6-8-13(9-7-12)16(21)22-10-14(19)18-11(3)15(20)17-5-2/h6-9,11H,4-5,10H2,1-3H3,(H,17,20)(H,18,19)/t11-/m0/s1. The molecule has 22 heavy (non-hydrogen) atoms. The van der Waals surface area contributed by atoms with Gasteiger partial charge in [0.1, 0.15) is 6.04 Å². The van der Waals surface area contributed by atoms with E-state index in [-0.39, 0.29) is 5.91 Å². The third kappa shape index (κ3) is 5.55. The van der Waals surface area contributed by atoms with Gasteiger partial charge in [-0.15, -0.1) is 0 Å². The maximum absolute atomic E-state index is 11.8. The second kappa shape index (κ2) is 8.81. The number of aryl methyl sites for hydroxylation is 1. The van der Waals surface area contributed by atoms with Crippen molar-refractivity contribution in [1.82, 2.24) is 10.6 Å². The van der Waals surface area contributed by atoms with Gasteiger partial charge in [-0.05, 0) is 38.0 Å². The number of likely N-dealkylation sites (N-methyl/N-ethyl adjacent to an activating group) is 1. The molecule has 1 aromatic carbocycles. The van der Waals surface area contributed by atoms with Crippen LogP contribution < -0.4 is 10.6 Å². The molecule has 0 bridgehead atoms. The minimum absolute atomic E-state index is 0.280. The first-order valence-electron chi connectivity index (χ1n) is 7.31. The van der Waals surface area contributed by atoms with Gasteiger partial charge in [0.2, 0.25) is 5.91 Å². The molecule has 0 aliphatic carbocycles. The molecule has 0 radical (unpaired) electrons. The largest absolute Gasteiger partial charge is 0.452 e. The van der Waals surface area contributed by atoms with E-state index in [4.69, 9.17) is 4.74 Å². The number of benzene rings is 1. The van der Waals surface area contributed by atoms with Gasteiger partial charge < -0.3 is 15.4 Å². The third-order valence-electron chi connectivity index (χ3n) is 3.05. The molecule has 0 aromatic heterocycles. The summed E-state index contributed by atoms with van der Waals surface area (Å²) in [4.78, 5) is 34.9. The van der Waals surface area contributed by atoms with Crippen LogP contribution in [0.1, 0.15) is 36.7 Å². The Morgan fingerprint density at radius 3 is 2.32 bits per heavy atom. The van der Waals surface area contributed by atoms with Gasteiger partial charge in [0, 0.05) is 6.54 Å². The van der Waals surface area contributed by atoms with Crippen LogP contribution >= 0.6 is 0 Å². The highest BCUT2D eigenvalue weighted by atomic mass is 16.5. The second-order valence-electron chi connectivity index (χ2n) is 4.81. The van der Waals surface area contributed by atoms with Crippen LogP contribution in [0.3, 0.4) is 0 Å². The van der Waals surface area contributed by atoms with E-state index in [2.05, 4.69) is 10.6 Å². The molecule has 6 heteroatoms. The molecule has 0 unspecified atom stereocenters. The van der Waals surface area contributed by atoms with Crippen LogP contribution in [0, 0.1) is 0 Å². The van der Waals surface area contributed by atoms with Crippen LogP contribution in [0.25, 0.3) is 0 Å². The van der Waals surface area contributed by atoms with Crippen LogP contribution in [-0.4, -0.2) is 37.0 Å². The van der Waals surface area contributed by atoms with Crippen molar-refractivity contribution in [3.05, 3.63) is 35.4 Å². The Kier molecular flexibility index (Phi) is 7.08. The average molecular weight is 306 g/mol. The van der Waals surface area contributed by atoms with E-state index in [9.17, 15) is 14.4 Å². The van der Waals surface area contributed by atoms with Crippen LogP contribution in [0.15, 0.2) is 24.3 Å². The van der Waals surface area contributed by atoms with Gasteiger partial charge in [-0.1, -0.05) is 19.1 Å². The Morgan fingerprint density at radius 1 is 1.14 bits per heavy atom.